The lowest BCUT2D eigenvalue weighted by Crippen LogP contribution is -2.19. The molecule has 16 heavy (non-hydrogen) atoms. The zero-order valence-electron chi connectivity index (χ0n) is 8.60. The molecule has 1 saturated heterocycles. The third kappa shape index (κ3) is 2.47. The monoisotopic (exact) mass is 231 g/mol. The van der Waals surface area contributed by atoms with E-state index in [1.165, 1.54) is 0 Å². The maximum absolute atomic E-state index is 13.2. The van der Waals surface area contributed by atoms with Gasteiger partial charge in [-0.2, -0.15) is 0 Å². The molecule has 1 N–H and O–H groups in total. The minimum absolute atomic E-state index is 0.0242. The summed E-state index contributed by atoms with van der Waals surface area (Å²) in [5, 5.41) is 2.61. The number of nitrogens with one attached hydrogen (secondary N) is 1. The maximum Gasteiger partial charge on any atom is 0.152 e. The molecule has 0 aromatic heterocycles. The molecule has 5 heteroatoms. The average molecular weight is 231 g/mol. The van der Waals surface area contributed by atoms with Gasteiger partial charge in [0.05, 0.1) is 6.10 Å². The van der Waals surface area contributed by atoms with E-state index in [-0.39, 0.29) is 11.8 Å². The van der Waals surface area contributed by atoms with Gasteiger partial charge in [-0.1, -0.05) is 0 Å². The van der Waals surface area contributed by atoms with Gasteiger partial charge in [0.2, 0.25) is 0 Å². The summed E-state index contributed by atoms with van der Waals surface area (Å²) in [5.41, 5.74) is -0.295. The van der Waals surface area contributed by atoms with Crippen LogP contribution in [0.25, 0.3) is 0 Å². The minimum atomic E-state index is -0.921. The molecular weight excluding hydrogens is 219 g/mol. The van der Waals surface area contributed by atoms with Crippen LogP contribution in [0, 0.1) is 17.5 Å². The van der Waals surface area contributed by atoms with Gasteiger partial charge in [-0.3, -0.25) is 0 Å². The van der Waals surface area contributed by atoms with Crippen LogP contribution in [0.2, 0.25) is 0 Å². The van der Waals surface area contributed by atoms with Crippen molar-refractivity contribution in [1.29, 1.82) is 0 Å². The Labute approximate surface area is 91.4 Å². The Balaban J connectivity index is 2.03. The molecule has 1 fully saturated rings. The highest BCUT2D eigenvalue weighted by atomic mass is 19.1. The van der Waals surface area contributed by atoms with E-state index in [2.05, 4.69) is 5.32 Å². The fraction of sp³-hybridized carbons (Fsp3) is 0.455. The van der Waals surface area contributed by atoms with Crippen molar-refractivity contribution in [2.24, 2.45) is 0 Å². The molecule has 2 rings (SSSR count). The first-order chi connectivity index (χ1) is 7.66. The van der Waals surface area contributed by atoms with Crippen LogP contribution >= 0.6 is 0 Å². The molecule has 1 aliphatic rings. The third-order valence-corrected chi connectivity index (χ3v) is 2.54. The molecule has 0 bridgehead atoms. The number of hydrogen-bond donors (Lipinski definition) is 1. The Hall–Kier alpha value is -1.23. The lowest BCUT2D eigenvalue weighted by Gasteiger charge is -2.13. The molecule has 0 aliphatic carbocycles. The standard InChI is InChI=1S/C11H12F3NO/c12-7-4-9(13)11(10(14)5-7)15-6-8-2-1-3-16-8/h4-5,8,15H,1-3,6H2. The summed E-state index contributed by atoms with van der Waals surface area (Å²) < 4.78 is 44.3. The van der Waals surface area contributed by atoms with Crippen LogP contribution in [0.5, 0.6) is 0 Å². The van der Waals surface area contributed by atoms with Crippen LogP contribution in [0.3, 0.4) is 0 Å². The number of rotatable bonds is 3. The van der Waals surface area contributed by atoms with Gasteiger partial charge >= 0.3 is 0 Å². The molecule has 0 spiro atoms. The first-order valence-electron chi connectivity index (χ1n) is 5.17. The average Bonchev–Trinajstić information content (AvgIpc) is 2.68. The summed E-state index contributed by atoms with van der Waals surface area (Å²) in [4.78, 5) is 0. The van der Waals surface area contributed by atoms with Crippen molar-refractivity contribution in [2.75, 3.05) is 18.5 Å². The van der Waals surface area contributed by atoms with Crippen molar-refractivity contribution in [3.63, 3.8) is 0 Å². The van der Waals surface area contributed by atoms with Crippen molar-refractivity contribution in [3.05, 3.63) is 29.6 Å². The molecule has 1 aromatic carbocycles. The quantitative estimate of drug-likeness (QED) is 0.863. The number of anilines is 1. The smallest absolute Gasteiger partial charge is 0.152 e. The van der Waals surface area contributed by atoms with Crippen molar-refractivity contribution in [3.8, 4) is 0 Å². The van der Waals surface area contributed by atoms with Gasteiger partial charge in [-0.15, -0.1) is 0 Å². The lowest BCUT2D eigenvalue weighted by atomic mass is 10.2. The zero-order chi connectivity index (χ0) is 11.5. The number of benzene rings is 1. The van der Waals surface area contributed by atoms with Crippen LogP contribution in [-0.4, -0.2) is 19.3 Å². The summed E-state index contributed by atoms with van der Waals surface area (Å²) in [6.45, 7) is 1.01. The number of hydrogen-bond acceptors (Lipinski definition) is 2. The summed E-state index contributed by atoms with van der Waals surface area (Å²) >= 11 is 0. The van der Waals surface area contributed by atoms with Gasteiger partial charge in [-0.05, 0) is 12.8 Å². The zero-order valence-corrected chi connectivity index (χ0v) is 8.60. The Bertz CT molecular complexity index is 354. The van der Waals surface area contributed by atoms with E-state index in [0.717, 1.165) is 12.8 Å². The van der Waals surface area contributed by atoms with Gasteiger partial charge in [-0.25, -0.2) is 13.2 Å². The SMILES string of the molecule is Fc1cc(F)c(NCC2CCCO2)c(F)c1. The summed E-state index contributed by atoms with van der Waals surface area (Å²) in [6, 6.07) is 1.31. The molecular formula is C11H12F3NO. The predicted molar refractivity (Wildman–Crippen MR) is 53.8 cm³/mol. The number of ether oxygens (including phenoxy) is 1. The normalized spacial score (nSPS) is 20.1. The topological polar surface area (TPSA) is 21.3 Å². The Morgan fingerprint density at radius 3 is 2.50 bits per heavy atom. The largest absolute Gasteiger partial charge is 0.378 e. The van der Waals surface area contributed by atoms with Crippen LogP contribution in [0.15, 0.2) is 12.1 Å². The molecule has 0 amide bonds. The molecule has 1 aromatic rings. The van der Waals surface area contributed by atoms with Gasteiger partial charge in [0, 0.05) is 25.3 Å². The third-order valence-electron chi connectivity index (χ3n) is 2.54. The Morgan fingerprint density at radius 2 is 1.94 bits per heavy atom. The van der Waals surface area contributed by atoms with E-state index >= 15 is 0 Å². The number of halogens is 3. The predicted octanol–water partition coefficient (Wildman–Crippen LogP) is 2.69. The van der Waals surface area contributed by atoms with Crippen LogP contribution < -0.4 is 5.32 Å². The highest BCUT2D eigenvalue weighted by molar-refractivity contribution is 5.46. The van der Waals surface area contributed by atoms with Gasteiger partial charge in [0.1, 0.15) is 11.5 Å². The first kappa shape index (κ1) is 11.3. The van der Waals surface area contributed by atoms with E-state index < -0.39 is 17.5 Å². The highest BCUT2D eigenvalue weighted by Crippen LogP contribution is 2.21. The molecule has 1 aliphatic heterocycles. The molecule has 1 unspecified atom stereocenters. The first-order valence-corrected chi connectivity index (χ1v) is 5.17. The second-order valence-electron chi connectivity index (χ2n) is 3.76. The van der Waals surface area contributed by atoms with Crippen LogP contribution in [0.1, 0.15) is 12.8 Å². The van der Waals surface area contributed by atoms with E-state index in [4.69, 9.17) is 4.74 Å². The molecule has 1 atom stereocenters. The van der Waals surface area contributed by atoms with Crippen LogP contribution in [-0.2, 0) is 4.74 Å². The maximum atomic E-state index is 13.2. The highest BCUT2D eigenvalue weighted by Gasteiger charge is 2.17. The fourth-order valence-corrected chi connectivity index (χ4v) is 1.73. The van der Waals surface area contributed by atoms with E-state index in [9.17, 15) is 13.2 Å². The van der Waals surface area contributed by atoms with Crippen molar-refractivity contribution in [1.82, 2.24) is 0 Å². The lowest BCUT2D eigenvalue weighted by molar-refractivity contribution is 0.120. The van der Waals surface area contributed by atoms with Crippen LogP contribution in [0.4, 0.5) is 18.9 Å². The molecule has 0 saturated carbocycles. The molecule has 1 heterocycles. The minimum Gasteiger partial charge on any atom is -0.378 e. The summed E-state index contributed by atoms with van der Waals surface area (Å²) in [7, 11) is 0. The molecule has 2 nitrogen and oxygen atoms in total. The Kier molecular flexibility index (Phi) is 3.33. The van der Waals surface area contributed by atoms with Gasteiger partial charge in [0.25, 0.3) is 0 Å². The summed E-state index contributed by atoms with van der Waals surface area (Å²) in [6.07, 6.45) is 1.81. The Morgan fingerprint density at radius 1 is 1.25 bits per heavy atom. The van der Waals surface area contributed by atoms with E-state index in [0.29, 0.717) is 25.3 Å². The second kappa shape index (κ2) is 4.74. The molecule has 88 valence electrons. The van der Waals surface area contributed by atoms with Crippen molar-refractivity contribution < 1.29 is 17.9 Å². The second-order valence-corrected chi connectivity index (χ2v) is 3.76. The fourth-order valence-electron chi connectivity index (χ4n) is 1.73. The van der Waals surface area contributed by atoms with Gasteiger partial charge < -0.3 is 10.1 Å². The van der Waals surface area contributed by atoms with E-state index in [1.807, 2.05) is 0 Å². The van der Waals surface area contributed by atoms with Crippen molar-refractivity contribution in [2.45, 2.75) is 18.9 Å². The van der Waals surface area contributed by atoms with E-state index in [1.54, 1.807) is 0 Å². The molecule has 0 radical (unpaired) electrons. The summed E-state index contributed by atoms with van der Waals surface area (Å²) in [5.74, 6) is -2.76. The van der Waals surface area contributed by atoms with Gasteiger partial charge in [0.15, 0.2) is 11.6 Å². The van der Waals surface area contributed by atoms with Crippen molar-refractivity contribution >= 4 is 5.69 Å².